The van der Waals surface area contributed by atoms with Gasteiger partial charge in [-0.25, -0.2) is 4.98 Å². The van der Waals surface area contributed by atoms with Gasteiger partial charge >= 0.3 is 0 Å². The average Bonchev–Trinajstić information content (AvgIpc) is 3.68. The number of carbonyl (C=O) groups is 1. The molecule has 0 fully saturated rings. The van der Waals surface area contributed by atoms with Crippen LogP contribution in [-0.4, -0.2) is 28.9 Å². The lowest BCUT2D eigenvalue weighted by molar-refractivity contribution is -0.121. The van der Waals surface area contributed by atoms with Gasteiger partial charge in [0.15, 0.2) is 0 Å². The van der Waals surface area contributed by atoms with Crippen molar-refractivity contribution in [1.82, 2.24) is 14.7 Å². The van der Waals surface area contributed by atoms with Crippen molar-refractivity contribution < 1.29 is 13.9 Å². The molecule has 204 valence electrons. The van der Waals surface area contributed by atoms with Crippen molar-refractivity contribution in [1.29, 1.82) is 0 Å². The second kappa shape index (κ2) is 13.6. The predicted molar refractivity (Wildman–Crippen MR) is 158 cm³/mol. The van der Waals surface area contributed by atoms with Crippen molar-refractivity contribution in [3.8, 4) is 5.75 Å². The first-order chi connectivity index (χ1) is 19.7. The van der Waals surface area contributed by atoms with Crippen LogP contribution in [0.3, 0.4) is 0 Å². The maximum absolute atomic E-state index is 13.3. The molecule has 0 spiro atoms. The van der Waals surface area contributed by atoms with Gasteiger partial charge in [-0.2, -0.15) is 4.37 Å². The van der Waals surface area contributed by atoms with Crippen molar-refractivity contribution in [2.45, 2.75) is 31.8 Å². The Morgan fingerprint density at radius 3 is 2.50 bits per heavy atom. The van der Waals surface area contributed by atoms with Gasteiger partial charge in [0, 0.05) is 30.9 Å². The van der Waals surface area contributed by atoms with E-state index in [1.165, 1.54) is 17.1 Å². The summed E-state index contributed by atoms with van der Waals surface area (Å²) in [6.45, 7) is 0.980. The maximum atomic E-state index is 13.3. The zero-order valence-corrected chi connectivity index (χ0v) is 23.2. The lowest BCUT2D eigenvalue weighted by Gasteiger charge is -2.22. The fourth-order valence-electron chi connectivity index (χ4n) is 4.53. The lowest BCUT2D eigenvalue weighted by atomic mass is 9.98. The van der Waals surface area contributed by atoms with Crippen LogP contribution in [0.4, 0.5) is 5.13 Å². The van der Waals surface area contributed by atoms with Crippen LogP contribution in [0.25, 0.3) is 0 Å². The lowest BCUT2D eigenvalue weighted by Crippen LogP contribution is -2.33. The quantitative estimate of drug-likeness (QED) is 0.187. The Labute approximate surface area is 238 Å². The summed E-state index contributed by atoms with van der Waals surface area (Å²) in [5.74, 6) is 2.32. The van der Waals surface area contributed by atoms with Crippen LogP contribution < -0.4 is 15.0 Å². The summed E-state index contributed by atoms with van der Waals surface area (Å²) < 4.78 is 15.5. The topological polar surface area (TPSA) is 80.5 Å². The van der Waals surface area contributed by atoms with E-state index in [1.54, 1.807) is 13.4 Å². The first-order valence-corrected chi connectivity index (χ1v) is 14.0. The van der Waals surface area contributed by atoms with E-state index in [4.69, 9.17) is 14.1 Å². The number of ether oxygens (including phenoxy) is 1. The number of carbonyl (C=O) groups excluding carboxylic acids is 1. The summed E-state index contributed by atoms with van der Waals surface area (Å²) in [7, 11) is 1.66. The third-order valence-electron chi connectivity index (χ3n) is 6.58. The number of amides is 1. The summed E-state index contributed by atoms with van der Waals surface area (Å²) in [6, 6.07) is 31.9. The molecule has 5 rings (SSSR count). The van der Waals surface area contributed by atoms with Gasteiger partial charge < -0.3 is 19.4 Å². The Balaban J connectivity index is 1.27. The van der Waals surface area contributed by atoms with E-state index in [9.17, 15) is 4.79 Å². The van der Waals surface area contributed by atoms with Crippen LogP contribution in [-0.2, 0) is 24.2 Å². The number of nitrogens with one attached hydrogen (secondary N) is 1. The van der Waals surface area contributed by atoms with Crippen molar-refractivity contribution in [3.05, 3.63) is 132 Å². The van der Waals surface area contributed by atoms with E-state index in [0.29, 0.717) is 25.9 Å². The number of hydrogen-bond donors (Lipinski definition) is 1. The van der Waals surface area contributed by atoms with E-state index in [1.807, 2.05) is 72.8 Å². The highest BCUT2D eigenvalue weighted by Crippen LogP contribution is 2.24. The molecule has 1 atom stereocenters. The Bertz CT molecular complexity index is 1470. The molecule has 8 heteroatoms. The minimum absolute atomic E-state index is 0.0182. The maximum Gasteiger partial charge on any atom is 0.222 e. The number of methoxy groups -OCH3 is 1. The largest absolute Gasteiger partial charge is 0.497 e. The molecule has 0 saturated carbocycles. The Morgan fingerprint density at radius 1 is 0.975 bits per heavy atom. The Morgan fingerprint density at radius 2 is 1.75 bits per heavy atom. The minimum atomic E-state index is -0.120. The van der Waals surface area contributed by atoms with Crippen molar-refractivity contribution in [2.75, 3.05) is 18.6 Å². The minimum Gasteiger partial charge on any atom is -0.497 e. The number of aromatic nitrogens is 2. The molecule has 0 aliphatic carbocycles. The number of hydrogen-bond acceptors (Lipinski definition) is 7. The summed E-state index contributed by atoms with van der Waals surface area (Å²) in [6.07, 6.45) is 3.28. The molecule has 40 heavy (non-hydrogen) atoms. The first kappa shape index (κ1) is 27.1. The molecule has 0 aliphatic heterocycles. The first-order valence-electron chi connectivity index (χ1n) is 13.3. The molecular weight excluding hydrogens is 520 g/mol. The van der Waals surface area contributed by atoms with Gasteiger partial charge in [0.1, 0.15) is 17.3 Å². The second-order valence-corrected chi connectivity index (χ2v) is 10.2. The van der Waals surface area contributed by atoms with Crippen LogP contribution in [0, 0.1) is 0 Å². The van der Waals surface area contributed by atoms with Gasteiger partial charge in [-0.3, -0.25) is 4.79 Å². The van der Waals surface area contributed by atoms with Gasteiger partial charge in [0.2, 0.25) is 11.0 Å². The highest BCUT2D eigenvalue weighted by molar-refractivity contribution is 7.09. The zero-order chi connectivity index (χ0) is 27.6. The Kier molecular flexibility index (Phi) is 9.21. The molecule has 5 aromatic rings. The van der Waals surface area contributed by atoms with Gasteiger partial charge in [0.05, 0.1) is 26.0 Å². The molecule has 2 heterocycles. The van der Waals surface area contributed by atoms with Crippen LogP contribution in [0.5, 0.6) is 5.75 Å². The molecule has 3 aromatic carbocycles. The van der Waals surface area contributed by atoms with Crippen LogP contribution >= 0.6 is 11.5 Å². The third kappa shape index (κ3) is 7.57. The van der Waals surface area contributed by atoms with Crippen molar-refractivity contribution in [3.63, 3.8) is 0 Å². The van der Waals surface area contributed by atoms with E-state index >= 15 is 0 Å². The van der Waals surface area contributed by atoms with Crippen LogP contribution in [0.2, 0.25) is 0 Å². The number of furan rings is 1. The predicted octanol–water partition coefficient (Wildman–Crippen LogP) is 6.23. The van der Waals surface area contributed by atoms with E-state index < -0.39 is 0 Å². The smallest absolute Gasteiger partial charge is 0.222 e. The van der Waals surface area contributed by atoms with E-state index in [0.717, 1.165) is 40.0 Å². The number of rotatable bonds is 13. The summed E-state index contributed by atoms with van der Waals surface area (Å²) >= 11 is 1.33. The molecule has 1 amide bonds. The molecule has 2 aromatic heterocycles. The normalized spacial score (nSPS) is 11.6. The summed E-state index contributed by atoms with van der Waals surface area (Å²) in [4.78, 5) is 20.1. The standard InChI is InChI=1S/C32H32N4O3S/c1-38-27-15-8-12-25(20-27)22-30-34-32(40-35-30)36(23-28-16-9-19-39-28)18-17-31(37)33-29(26-13-6-3-7-14-26)21-24-10-4-2-5-11-24/h2-16,19-20,29H,17-18,21-23H2,1H3,(H,33,37). The van der Waals surface area contributed by atoms with Crippen LogP contribution in [0.15, 0.2) is 108 Å². The fourth-order valence-corrected chi connectivity index (χ4v) is 5.24. The van der Waals surface area contributed by atoms with E-state index in [-0.39, 0.29) is 11.9 Å². The molecule has 0 bridgehead atoms. The molecule has 1 unspecified atom stereocenters. The van der Waals surface area contributed by atoms with Crippen molar-refractivity contribution >= 4 is 22.6 Å². The molecule has 7 nitrogen and oxygen atoms in total. The molecular formula is C32H32N4O3S. The average molecular weight is 553 g/mol. The molecule has 1 N–H and O–H groups in total. The van der Waals surface area contributed by atoms with Gasteiger partial charge in [0.25, 0.3) is 0 Å². The molecule has 0 saturated heterocycles. The molecule has 0 radical (unpaired) electrons. The highest BCUT2D eigenvalue weighted by Gasteiger charge is 2.19. The molecule has 0 aliphatic rings. The third-order valence-corrected chi connectivity index (χ3v) is 7.39. The zero-order valence-electron chi connectivity index (χ0n) is 22.4. The van der Waals surface area contributed by atoms with Crippen molar-refractivity contribution in [2.24, 2.45) is 0 Å². The van der Waals surface area contributed by atoms with Gasteiger partial charge in [-0.05, 0) is 47.4 Å². The number of benzene rings is 3. The fraction of sp³-hybridized carbons (Fsp3) is 0.219. The number of anilines is 1. The SMILES string of the molecule is COc1cccc(Cc2nsc(N(CCC(=O)NC(Cc3ccccc3)c3ccccc3)Cc3ccco3)n2)c1. The van der Waals surface area contributed by atoms with E-state index in [2.05, 4.69) is 38.9 Å². The summed E-state index contributed by atoms with van der Waals surface area (Å²) in [5, 5.41) is 4.02. The second-order valence-electron chi connectivity index (χ2n) is 9.49. The van der Waals surface area contributed by atoms with Crippen LogP contribution in [0.1, 0.15) is 40.7 Å². The monoisotopic (exact) mass is 552 g/mol. The van der Waals surface area contributed by atoms with Gasteiger partial charge in [-0.1, -0.05) is 72.8 Å². The van der Waals surface area contributed by atoms with Gasteiger partial charge in [-0.15, -0.1) is 0 Å². The Hall–Kier alpha value is -4.43. The number of nitrogens with zero attached hydrogens (tertiary/aromatic N) is 3. The summed E-state index contributed by atoms with van der Waals surface area (Å²) in [5.41, 5.74) is 3.33. The highest BCUT2D eigenvalue weighted by atomic mass is 32.1.